The third-order valence-electron chi connectivity index (χ3n) is 5.25. The molecule has 1 radical (unpaired) electrons. The van der Waals surface area contributed by atoms with E-state index in [9.17, 15) is 4.79 Å². The number of nitrogens with one attached hydrogen (secondary N) is 1. The van der Waals surface area contributed by atoms with Gasteiger partial charge in [0.2, 0.25) is 0 Å². The summed E-state index contributed by atoms with van der Waals surface area (Å²) in [7, 11) is 1.88. The molecule has 2 heterocycles. The summed E-state index contributed by atoms with van der Waals surface area (Å²) in [6.07, 6.45) is 0. The van der Waals surface area contributed by atoms with E-state index in [-0.39, 0.29) is 5.91 Å². The molecule has 2 aromatic carbocycles. The van der Waals surface area contributed by atoms with E-state index in [1.807, 2.05) is 54.4 Å². The van der Waals surface area contributed by atoms with Crippen LogP contribution in [0.25, 0.3) is 0 Å². The van der Waals surface area contributed by atoms with E-state index in [2.05, 4.69) is 22.3 Å². The van der Waals surface area contributed by atoms with Crippen molar-refractivity contribution in [3.63, 3.8) is 0 Å². The highest BCUT2D eigenvalue weighted by atomic mass is 16.2. The van der Waals surface area contributed by atoms with Crippen LogP contribution in [0.1, 0.15) is 10.4 Å². The van der Waals surface area contributed by atoms with Gasteiger partial charge in [0.25, 0.3) is 5.91 Å². The number of amides is 1. The first-order valence-corrected chi connectivity index (χ1v) is 8.53. The lowest BCUT2D eigenvalue weighted by atomic mass is 10.0. The van der Waals surface area contributed by atoms with Crippen molar-refractivity contribution in [2.75, 3.05) is 43.4 Å². The normalized spacial score (nSPS) is 22.5. The summed E-state index contributed by atoms with van der Waals surface area (Å²) in [5.74, 6) is 1.31. The van der Waals surface area contributed by atoms with Crippen LogP contribution in [0.2, 0.25) is 0 Å². The molecule has 4 nitrogen and oxygen atoms in total. The number of anilines is 2. The maximum Gasteiger partial charge on any atom is 0.253 e. The fourth-order valence-corrected chi connectivity index (χ4v) is 3.91. The fourth-order valence-electron chi connectivity index (χ4n) is 3.91. The second-order valence-electron chi connectivity index (χ2n) is 6.72. The van der Waals surface area contributed by atoms with E-state index in [0.29, 0.717) is 11.8 Å². The Morgan fingerprint density at radius 2 is 1.79 bits per heavy atom. The summed E-state index contributed by atoms with van der Waals surface area (Å²) in [6.45, 7) is 3.80. The lowest BCUT2D eigenvalue weighted by Crippen LogP contribution is -2.33. The van der Waals surface area contributed by atoms with Crippen LogP contribution in [0.3, 0.4) is 0 Å². The maximum atomic E-state index is 12.7. The molecule has 0 aromatic heterocycles. The first-order valence-electron chi connectivity index (χ1n) is 8.53. The first-order chi connectivity index (χ1) is 11.7. The predicted molar refractivity (Wildman–Crippen MR) is 96.4 cm³/mol. The van der Waals surface area contributed by atoms with Crippen LogP contribution < -0.4 is 10.2 Å². The Hall–Kier alpha value is -2.49. The van der Waals surface area contributed by atoms with E-state index in [1.165, 1.54) is 5.69 Å². The molecule has 4 rings (SSSR count). The van der Waals surface area contributed by atoms with E-state index >= 15 is 0 Å². The zero-order valence-electron chi connectivity index (χ0n) is 13.9. The maximum absolute atomic E-state index is 12.7. The van der Waals surface area contributed by atoms with E-state index < -0.39 is 0 Å². The summed E-state index contributed by atoms with van der Waals surface area (Å²) in [6, 6.07) is 19.0. The third-order valence-corrected chi connectivity index (χ3v) is 5.25. The van der Waals surface area contributed by atoms with Gasteiger partial charge in [-0.25, -0.2) is 0 Å². The number of benzene rings is 2. The third kappa shape index (κ3) is 2.73. The Bertz CT molecular complexity index is 699. The predicted octanol–water partition coefficient (Wildman–Crippen LogP) is 2.74. The highest BCUT2D eigenvalue weighted by Crippen LogP contribution is 2.34. The highest BCUT2D eigenvalue weighted by molar-refractivity contribution is 5.94. The molecule has 2 aromatic rings. The minimum atomic E-state index is 0.159. The number of carbonyl (C=O) groups is 1. The van der Waals surface area contributed by atoms with Gasteiger partial charge in [0, 0.05) is 62.0 Å². The first kappa shape index (κ1) is 15.1. The van der Waals surface area contributed by atoms with Crippen molar-refractivity contribution >= 4 is 17.3 Å². The van der Waals surface area contributed by atoms with Crippen LogP contribution in [0, 0.1) is 17.9 Å². The van der Waals surface area contributed by atoms with Gasteiger partial charge in [-0.15, -0.1) is 0 Å². The van der Waals surface area contributed by atoms with Gasteiger partial charge in [-0.1, -0.05) is 12.1 Å². The SMILES string of the molecule is CNc1ccc(C(=O)N2CC3CN(c4c[c]ccc4)CC3C2)cc1. The lowest BCUT2D eigenvalue weighted by Gasteiger charge is -2.23. The molecular weight excluding hydrogens is 298 g/mol. The zero-order chi connectivity index (χ0) is 16.5. The molecule has 24 heavy (non-hydrogen) atoms. The molecule has 2 unspecified atom stereocenters. The van der Waals surface area contributed by atoms with E-state index in [4.69, 9.17) is 0 Å². The highest BCUT2D eigenvalue weighted by Gasteiger charge is 2.41. The molecular formula is C20H22N3O. The number of hydrogen-bond donors (Lipinski definition) is 1. The smallest absolute Gasteiger partial charge is 0.253 e. The molecule has 0 spiro atoms. The standard InChI is InChI=1S/C20H22N3O/c1-21-18-9-7-15(8-10-18)20(24)23-13-16-11-22(12-17(16)14-23)19-5-3-2-4-6-19/h2-3,5-10,16-17,21H,11-14H2,1H3. The molecule has 0 aliphatic carbocycles. The van der Waals surface area contributed by atoms with Gasteiger partial charge >= 0.3 is 0 Å². The quantitative estimate of drug-likeness (QED) is 0.944. The van der Waals surface area contributed by atoms with Crippen LogP contribution in [-0.4, -0.2) is 44.0 Å². The number of rotatable bonds is 3. The van der Waals surface area contributed by atoms with Crippen molar-refractivity contribution < 1.29 is 4.79 Å². The second-order valence-corrected chi connectivity index (χ2v) is 6.72. The van der Waals surface area contributed by atoms with Gasteiger partial charge < -0.3 is 15.1 Å². The number of carbonyl (C=O) groups excluding carboxylic acids is 1. The van der Waals surface area contributed by atoms with E-state index in [0.717, 1.165) is 37.4 Å². The van der Waals surface area contributed by atoms with E-state index in [1.54, 1.807) is 0 Å². The van der Waals surface area contributed by atoms with Crippen molar-refractivity contribution in [2.24, 2.45) is 11.8 Å². The molecule has 2 aliphatic rings. The zero-order valence-corrected chi connectivity index (χ0v) is 13.9. The lowest BCUT2D eigenvalue weighted by molar-refractivity contribution is 0.0782. The molecule has 0 bridgehead atoms. The average molecular weight is 320 g/mol. The van der Waals surface area contributed by atoms with Crippen molar-refractivity contribution in [1.82, 2.24) is 4.90 Å². The number of fused-ring (bicyclic) bond motifs is 1. The van der Waals surface area contributed by atoms with Gasteiger partial charge in [0.1, 0.15) is 0 Å². The molecule has 1 N–H and O–H groups in total. The Morgan fingerprint density at radius 1 is 1.08 bits per heavy atom. The number of hydrogen-bond acceptors (Lipinski definition) is 3. The Balaban J connectivity index is 1.40. The molecule has 123 valence electrons. The van der Waals surface area contributed by atoms with Gasteiger partial charge in [-0.2, -0.15) is 0 Å². The molecule has 2 atom stereocenters. The minimum absolute atomic E-state index is 0.159. The Kier molecular flexibility index (Phi) is 3.89. The van der Waals surface area contributed by atoms with Crippen LogP contribution in [-0.2, 0) is 0 Å². The molecule has 0 saturated carbocycles. The van der Waals surface area contributed by atoms with Crippen molar-refractivity contribution in [3.8, 4) is 0 Å². The van der Waals surface area contributed by atoms with Crippen LogP contribution >= 0.6 is 0 Å². The molecule has 2 aliphatic heterocycles. The summed E-state index contributed by atoms with van der Waals surface area (Å²) < 4.78 is 0. The summed E-state index contributed by atoms with van der Waals surface area (Å²) in [5, 5.41) is 3.08. The minimum Gasteiger partial charge on any atom is -0.388 e. The van der Waals surface area contributed by atoms with Gasteiger partial charge in [0.05, 0.1) is 0 Å². The molecule has 2 saturated heterocycles. The summed E-state index contributed by atoms with van der Waals surface area (Å²) in [4.78, 5) is 17.2. The van der Waals surface area contributed by atoms with Gasteiger partial charge in [-0.3, -0.25) is 4.79 Å². The van der Waals surface area contributed by atoms with Crippen LogP contribution in [0.15, 0.2) is 48.5 Å². The van der Waals surface area contributed by atoms with Crippen molar-refractivity contribution in [1.29, 1.82) is 0 Å². The monoisotopic (exact) mass is 320 g/mol. The second kappa shape index (κ2) is 6.19. The van der Waals surface area contributed by atoms with Crippen molar-refractivity contribution in [3.05, 3.63) is 60.2 Å². The number of likely N-dealkylation sites (tertiary alicyclic amines) is 1. The molecule has 1 amide bonds. The van der Waals surface area contributed by atoms with Gasteiger partial charge in [0.15, 0.2) is 0 Å². The largest absolute Gasteiger partial charge is 0.388 e. The van der Waals surface area contributed by atoms with Crippen LogP contribution in [0.4, 0.5) is 11.4 Å². The fraction of sp³-hybridized carbons (Fsp3) is 0.350. The Labute approximate surface area is 143 Å². The molecule has 2 fully saturated rings. The van der Waals surface area contributed by atoms with Crippen molar-refractivity contribution in [2.45, 2.75) is 0 Å². The summed E-state index contributed by atoms with van der Waals surface area (Å²) in [5.41, 5.74) is 3.05. The Morgan fingerprint density at radius 3 is 2.38 bits per heavy atom. The number of nitrogens with zero attached hydrogens (tertiary/aromatic N) is 2. The van der Waals surface area contributed by atoms with Crippen LogP contribution in [0.5, 0.6) is 0 Å². The summed E-state index contributed by atoms with van der Waals surface area (Å²) >= 11 is 0. The topological polar surface area (TPSA) is 35.6 Å². The van der Waals surface area contributed by atoms with Gasteiger partial charge in [-0.05, 0) is 42.5 Å². The molecule has 4 heteroatoms. The average Bonchev–Trinajstić information content (AvgIpc) is 3.21.